The molecule has 0 fully saturated rings. The number of ether oxygens (including phenoxy) is 2. The molecule has 0 amide bonds. The van der Waals surface area contributed by atoms with Gasteiger partial charge in [-0.3, -0.25) is 4.57 Å². The lowest BCUT2D eigenvalue weighted by molar-refractivity contribution is 0.340. The molecule has 188 valence electrons. The Labute approximate surface area is 216 Å². The van der Waals surface area contributed by atoms with Gasteiger partial charge in [0.2, 0.25) is 10.0 Å². The minimum Gasteiger partial charge on any atom is -0.494 e. The third kappa shape index (κ3) is 5.53. The average Bonchev–Trinajstić information content (AvgIpc) is 3.29. The fourth-order valence-electron chi connectivity index (χ4n) is 3.60. The summed E-state index contributed by atoms with van der Waals surface area (Å²) in [6, 6.07) is 22.4. The number of thiazole rings is 1. The van der Waals surface area contributed by atoms with Crippen LogP contribution in [0.15, 0.2) is 88.1 Å². The van der Waals surface area contributed by atoms with Crippen LogP contribution in [0.3, 0.4) is 0 Å². The third-order valence-corrected chi connectivity index (χ3v) is 8.07. The zero-order chi connectivity index (χ0) is 25.7. The Morgan fingerprint density at radius 1 is 0.833 bits per heavy atom. The predicted octanol–water partition coefficient (Wildman–Crippen LogP) is 5.49. The van der Waals surface area contributed by atoms with E-state index in [1.54, 1.807) is 12.1 Å². The zero-order valence-electron chi connectivity index (χ0n) is 20.7. The first-order valence-electron chi connectivity index (χ1n) is 11.6. The lowest BCUT2D eigenvalue weighted by Crippen LogP contribution is -2.22. The molecule has 0 saturated carbocycles. The molecule has 0 saturated heterocycles. The summed E-state index contributed by atoms with van der Waals surface area (Å²) in [5.41, 5.74) is 3.51. The van der Waals surface area contributed by atoms with Crippen molar-refractivity contribution >= 4 is 27.0 Å². The molecule has 1 aromatic heterocycles. The maximum Gasteiger partial charge on any atom is 0.242 e. The standard InChI is InChI=1S/C27H29N3O4S2/c1-5-33-23-13-9-21(10-14-23)28-27-30(22-11-15-24(16-12-22)34-6-2)26(19-35-27)20-7-17-25(18-8-20)36(31,32)29(3)4/h7-19H,5-6H2,1-4H3. The first kappa shape index (κ1) is 25.7. The summed E-state index contributed by atoms with van der Waals surface area (Å²) in [4.78, 5) is 5.93. The summed E-state index contributed by atoms with van der Waals surface area (Å²) in [6.45, 7) is 5.11. The molecule has 1 heterocycles. The smallest absolute Gasteiger partial charge is 0.242 e. The molecule has 0 bridgehead atoms. The maximum atomic E-state index is 12.5. The SMILES string of the molecule is CCOc1ccc(N=c2scc(-c3ccc(S(=O)(=O)N(C)C)cc3)n2-c2ccc(OCC)cc2)cc1. The molecular weight excluding hydrogens is 494 g/mol. The number of sulfonamides is 1. The molecule has 7 nitrogen and oxygen atoms in total. The van der Waals surface area contributed by atoms with Crippen molar-refractivity contribution in [2.45, 2.75) is 18.7 Å². The van der Waals surface area contributed by atoms with Crippen LogP contribution >= 0.6 is 11.3 Å². The van der Waals surface area contributed by atoms with Crippen molar-refractivity contribution in [3.63, 3.8) is 0 Å². The molecule has 0 radical (unpaired) electrons. The van der Waals surface area contributed by atoms with Gasteiger partial charge in [-0.15, -0.1) is 11.3 Å². The molecule has 9 heteroatoms. The maximum absolute atomic E-state index is 12.5. The van der Waals surface area contributed by atoms with Crippen molar-refractivity contribution in [2.75, 3.05) is 27.3 Å². The lowest BCUT2D eigenvalue weighted by Gasteiger charge is -2.13. The summed E-state index contributed by atoms with van der Waals surface area (Å²) >= 11 is 1.51. The Morgan fingerprint density at radius 3 is 1.92 bits per heavy atom. The van der Waals surface area contributed by atoms with E-state index in [2.05, 4.69) is 4.57 Å². The minimum absolute atomic E-state index is 0.249. The van der Waals surface area contributed by atoms with E-state index in [0.29, 0.717) is 13.2 Å². The first-order chi connectivity index (χ1) is 17.3. The molecule has 0 aliphatic heterocycles. The molecule has 0 aliphatic rings. The number of nitrogens with zero attached hydrogens (tertiary/aromatic N) is 3. The molecule has 0 atom stereocenters. The third-order valence-electron chi connectivity index (χ3n) is 5.42. The van der Waals surface area contributed by atoms with E-state index >= 15 is 0 Å². The molecule has 0 unspecified atom stereocenters. The van der Waals surface area contributed by atoms with E-state index in [9.17, 15) is 8.42 Å². The minimum atomic E-state index is -3.51. The Balaban J connectivity index is 1.82. The molecule has 0 spiro atoms. The van der Waals surface area contributed by atoms with Gasteiger partial charge < -0.3 is 9.47 Å². The predicted molar refractivity (Wildman–Crippen MR) is 144 cm³/mol. The van der Waals surface area contributed by atoms with Crippen molar-refractivity contribution in [3.8, 4) is 28.4 Å². The topological polar surface area (TPSA) is 73.1 Å². The number of hydrogen-bond acceptors (Lipinski definition) is 6. The normalized spacial score (nSPS) is 12.2. The molecule has 0 aliphatic carbocycles. The summed E-state index contributed by atoms with van der Waals surface area (Å²) < 4.78 is 39.5. The molecule has 4 aromatic rings. The fraction of sp³-hybridized carbons (Fsp3) is 0.222. The van der Waals surface area contributed by atoms with E-state index in [1.807, 2.05) is 79.9 Å². The Hall–Kier alpha value is -3.40. The summed E-state index contributed by atoms with van der Waals surface area (Å²) in [5.74, 6) is 1.59. The van der Waals surface area contributed by atoms with Gasteiger partial charge in [0.1, 0.15) is 11.5 Å². The zero-order valence-corrected chi connectivity index (χ0v) is 22.3. The van der Waals surface area contributed by atoms with Crippen molar-refractivity contribution < 1.29 is 17.9 Å². The van der Waals surface area contributed by atoms with E-state index in [1.165, 1.54) is 29.7 Å². The monoisotopic (exact) mass is 523 g/mol. The molecule has 0 N–H and O–H groups in total. The van der Waals surface area contributed by atoms with Crippen molar-refractivity contribution in [3.05, 3.63) is 83.0 Å². The van der Waals surface area contributed by atoms with Crippen LogP contribution in [0.5, 0.6) is 11.5 Å². The van der Waals surface area contributed by atoms with E-state index in [-0.39, 0.29) is 4.90 Å². The highest BCUT2D eigenvalue weighted by Crippen LogP contribution is 2.27. The second-order valence-electron chi connectivity index (χ2n) is 8.02. The van der Waals surface area contributed by atoms with E-state index in [0.717, 1.165) is 38.9 Å². The second kappa shape index (κ2) is 11.1. The summed E-state index contributed by atoms with van der Waals surface area (Å²) in [7, 11) is -0.456. The average molecular weight is 524 g/mol. The van der Waals surface area contributed by atoms with Crippen LogP contribution in [0, 0.1) is 0 Å². The van der Waals surface area contributed by atoms with Crippen LogP contribution in [0.2, 0.25) is 0 Å². The van der Waals surface area contributed by atoms with Gasteiger partial charge >= 0.3 is 0 Å². The number of hydrogen-bond donors (Lipinski definition) is 0. The Morgan fingerprint density at radius 2 is 1.39 bits per heavy atom. The fourth-order valence-corrected chi connectivity index (χ4v) is 5.43. The number of aromatic nitrogens is 1. The highest BCUT2D eigenvalue weighted by atomic mass is 32.2. The Kier molecular flexibility index (Phi) is 7.93. The highest BCUT2D eigenvalue weighted by Gasteiger charge is 2.18. The van der Waals surface area contributed by atoms with Gasteiger partial charge in [0.05, 0.1) is 29.5 Å². The molecule has 3 aromatic carbocycles. The lowest BCUT2D eigenvalue weighted by atomic mass is 10.1. The first-order valence-corrected chi connectivity index (χ1v) is 13.9. The highest BCUT2D eigenvalue weighted by molar-refractivity contribution is 7.89. The van der Waals surface area contributed by atoms with Crippen LogP contribution in [0.25, 0.3) is 16.9 Å². The van der Waals surface area contributed by atoms with Gasteiger partial charge in [-0.05, 0) is 80.1 Å². The van der Waals surface area contributed by atoms with Crippen LogP contribution < -0.4 is 14.3 Å². The van der Waals surface area contributed by atoms with Gasteiger partial charge in [0, 0.05) is 25.2 Å². The van der Waals surface area contributed by atoms with Gasteiger partial charge in [-0.2, -0.15) is 0 Å². The summed E-state index contributed by atoms with van der Waals surface area (Å²) in [5, 5.41) is 2.03. The van der Waals surface area contributed by atoms with E-state index < -0.39 is 10.0 Å². The van der Waals surface area contributed by atoms with E-state index in [4.69, 9.17) is 14.5 Å². The second-order valence-corrected chi connectivity index (χ2v) is 11.0. The van der Waals surface area contributed by atoms with Gasteiger partial charge in [0.15, 0.2) is 4.80 Å². The van der Waals surface area contributed by atoms with Crippen molar-refractivity contribution in [1.29, 1.82) is 0 Å². The van der Waals surface area contributed by atoms with Crippen LogP contribution in [-0.2, 0) is 10.0 Å². The largest absolute Gasteiger partial charge is 0.494 e. The van der Waals surface area contributed by atoms with Gasteiger partial charge in [-0.1, -0.05) is 12.1 Å². The number of benzene rings is 3. The Bertz CT molecular complexity index is 1470. The van der Waals surface area contributed by atoms with Gasteiger partial charge in [-0.25, -0.2) is 17.7 Å². The number of rotatable bonds is 9. The van der Waals surface area contributed by atoms with Crippen LogP contribution in [0.1, 0.15) is 13.8 Å². The van der Waals surface area contributed by atoms with Crippen molar-refractivity contribution in [2.24, 2.45) is 4.99 Å². The summed E-state index contributed by atoms with van der Waals surface area (Å²) in [6.07, 6.45) is 0. The molecule has 4 rings (SSSR count). The quantitative estimate of drug-likeness (QED) is 0.291. The van der Waals surface area contributed by atoms with Gasteiger partial charge in [0.25, 0.3) is 0 Å². The van der Waals surface area contributed by atoms with Crippen LogP contribution in [-0.4, -0.2) is 44.6 Å². The molecule has 36 heavy (non-hydrogen) atoms. The molecular formula is C27H29N3O4S2. The van der Waals surface area contributed by atoms with Crippen LogP contribution in [0.4, 0.5) is 5.69 Å². The van der Waals surface area contributed by atoms with Crippen molar-refractivity contribution in [1.82, 2.24) is 8.87 Å².